The van der Waals surface area contributed by atoms with Crippen molar-refractivity contribution in [3.05, 3.63) is 0 Å². The maximum absolute atomic E-state index is 11.5. The first kappa shape index (κ1) is 24.1. The van der Waals surface area contributed by atoms with Crippen LogP contribution in [0.1, 0.15) is 12.8 Å². The molecule has 0 aliphatic carbocycles. The van der Waals surface area contributed by atoms with Crippen molar-refractivity contribution in [2.45, 2.75) is 25.2 Å². The third kappa shape index (κ3) is 32.0. The number of carboxylic acid groups (broad SMARTS) is 2. The van der Waals surface area contributed by atoms with Gasteiger partial charge in [-0.3, -0.25) is 4.70 Å². The second-order valence-electron chi connectivity index (χ2n) is 2.96. The standard InChI is InChI=1S/C7H8F6O3.CH2O3.FH/c8-6(9,10)1-3-15-5(14)16-4-2-7(11,12)13;2-1(3)4;/h1-4H2;(H2,2,3,4);1H. The third-order valence-corrected chi connectivity index (χ3v) is 1.21. The summed E-state index contributed by atoms with van der Waals surface area (Å²) in [5.74, 6) is 0. The molecule has 0 aliphatic heterocycles. The van der Waals surface area contributed by atoms with Crippen LogP contribution in [0.2, 0.25) is 0 Å². The van der Waals surface area contributed by atoms with Crippen molar-refractivity contribution in [3.8, 4) is 0 Å². The Labute approximate surface area is 112 Å². The minimum absolute atomic E-state index is 0. The predicted molar refractivity (Wildman–Crippen MR) is 51.8 cm³/mol. The Kier molecular flexibility index (Phi) is 12.4. The van der Waals surface area contributed by atoms with Crippen LogP contribution in [0.3, 0.4) is 0 Å². The van der Waals surface area contributed by atoms with Crippen LogP contribution in [-0.4, -0.2) is 48.1 Å². The van der Waals surface area contributed by atoms with Crippen LogP contribution in [0.5, 0.6) is 0 Å². The summed E-state index contributed by atoms with van der Waals surface area (Å²) < 4.78 is 77.0. The van der Waals surface area contributed by atoms with Crippen LogP contribution in [0.4, 0.5) is 40.6 Å². The summed E-state index contributed by atoms with van der Waals surface area (Å²) in [6, 6.07) is 0. The van der Waals surface area contributed by atoms with Gasteiger partial charge in [-0.2, -0.15) is 26.3 Å². The van der Waals surface area contributed by atoms with Gasteiger partial charge >= 0.3 is 24.7 Å². The van der Waals surface area contributed by atoms with E-state index in [-0.39, 0.29) is 4.70 Å². The first-order chi connectivity index (χ1) is 8.83. The van der Waals surface area contributed by atoms with Gasteiger partial charge in [0.25, 0.3) is 0 Å². The molecule has 0 fully saturated rings. The van der Waals surface area contributed by atoms with E-state index in [0.29, 0.717) is 0 Å². The summed E-state index contributed by atoms with van der Waals surface area (Å²) in [5.41, 5.74) is 0. The molecule has 0 bridgehead atoms. The Morgan fingerprint density at radius 1 is 0.810 bits per heavy atom. The van der Waals surface area contributed by atoms with E-state index in [1.54, 1.807) is 0 Å². The Morgan fingerprint density at radius 2 is 1.05 bits per heavy atom. The van der Waals surface area contributed by atoms with E-state index < -0.39 is 50.7 Å². The fourth-order valence-electron chi connectivity index (χ4n) is 0.542. The van der Waals surface area contributed by atoms with Crippen molar-refractivity contribution >= 4 is 12.3 Å². The molecular formula is C8H11F7O6. The quantitative estimate of drug-likeness (QED) is 0.604. The molecule has 21 heavy (non-hydrogen) atoms. The number of hydrogen-bond donors (Lipinski definition) is 2. The SMILES string of the molecule is F.O=C(O)O.O=C(OCCC(F)(F)F)OCCC(F)(F)F. The van der Waals surface area contributed by atoms with Crippen LogP contribution in [0.15, 0.2) is 0 Å². The van der Waals surface area contributed by atoms with Crippen LogP contribution < -0.4 is 0 Å². The Bertz CT molecular complexity index is 274. The highest BCUT2D eigenvalue weighted by Gasteiger charge is 2.29. The van der Waals surface area contributed by atoms with Gasteiger partial charge in [-0.15, -0.1) is 0 Å². The highest BCUT2D eigenvalue weighted by atomic mass is 19.4. The molecule has 0 unspecified atom stereocenters. The molecule has 128 valence electrons. The molecule has 0 spiro atoms. The lowest BCUT2D eigenvalue weighted by Crippen LogP contribution is -2.18. The van der Waals surface area contributed by atoms with Gasteiger partial charge in [0.15, 0.2) is 0 Å². The molecule has 0 aliphatic rings. The van der Waals surface area contributed by atoms with E-state index in [1.807, 2.05) is 0 Å². The van der Waals surface area contributed by atoms with E-state index in [2.05, 4.69) is 9.47 Å². The number of carbonyl (C=O) groups is 2. The summed E-state index contributed by atoms with van der Waals surface area (Å²) in [4.78, 5) is 19.0. The first-order valence-corrected chi connectivity index (χ1v) is 4.68. The van der Waals surface area contributed by atoms with Crippen molar-refractivity contribution in [2.75, 3.05) is 13.2 Å². The smallest absolute Gasteiger partial charge is 0.450 e. The number of hydrogen-bond acceptors (Lipinski definition) is 4. The third-order valence-electron chi connectivity index (χ3n) is 1.21. The van der Waals surface area contributed by atoms with E-state index in [1.165, 1.54) is 0 Å². The Hall–Kier alpha value is -1.95. The van der Waals surface area contributed by atoms with E-state index >= 15 is 0 Å². The van der Waals surface area contributed by atoms with Crippen LogP contribution in [-0.2, 0) is 9.47 Å². The lowest BCUT2D eigenvalue weighted by Gasteiger charge is -2.09. The molecule has 0 aromatic rings. The Balaban J connectivity index is -0.000000572. The van der Waals surface area contributed by atoms with Crippen LogP contribution >= 0.6 is 0 Å². The highest BCUT2D eigenvalue weighted by molar-refractivity contribution is 5.59. The molecule has 2 N–H and O–H groups in total. The topological polar surface area (TPSA) is 93.1 Å². The molecule has 0 radical (unpaired) electrons. The van der Waals surface area contributed by atoms with Gasteiger partial charge < -0.3 is 19.7 Å². The minimum atomic E-state index is -4.49. The van der Waals surface area contributed by atoms with Gasteiger partial charge in [-0.25, -0.2) is 9.59 Å². The maximum Gasteiger partial charge on any atom is 0.508 e. The van der Waals surface area contributed by atoms with Crippen molar-refractivity contribution < 1.29 is 60.3 Å². The monoisotopic (exact) mass is 336 g/mol. The average Bonchev–Trinajstić information content (AvgIpc) is 2.11. The molecule has 0 atom stereocenters. The van der Waals surface area contributed by atoms with Crippen LogP contribution in [0.25, 0.3) is 0 Å². The van der Waals surface area contributed by atoms with Gasteiger partial charge in [0.1, 0.15) is 13.2 Å². The van der Waals surface area contributed by atoms with Crippen molar-refractivity contribution in [1.29, 1.82) is 0 Å². The fourth-order valence-corrected chi connectivity index (χ4v) is 0.542. The minimum Gasteiger partial charge on any atom is -0.450 e. The zero-order valence-electron chi connectivity index (χ0n) is 10.0. The van der Waals surface area contributed by atoms with Gasteiger partial charge in [0.2, 0.25) is 0 Å². The molecule has 0 heterocycles. The summed E-state index contributed by atoms with van der Waals surface area (Å²) >= 11 is 0. The van der Waals surface area contributed by atoms with Gasteiger partial charge in [0, 0.05) is 0 Å². The summed E-state index contributed by atoms with van der Waals surface area (Å²) in [6.07, 6.45) is -15.1. The van der Waals surface area contributed by atoms with Gasteiger partial charge in [-0.05, 0) is 0 Å². The normalized spacial score (nSPS) is 10.6. The fraction of sp³-hybridized carbons (Fsp3) is 0.750. The number of alkyl halides is 6. The van der Waals surface area contributed by atoms with Gasteiger partial charge in [-0.1, -0.05) is 0 Å². The summed E-state index contributed by atoms with van der Waals surface area (Å²) in [5, 5.41) is 13.9. The summed E-state index contributed by atoms with van der Waals surface area (Å²) in [6.45, 7) is -1.96. The maximum atomic E-state index is 11.5. The molecule has 0 saturated carbocycles. The second-order valence-corrected chi connectivity index (χ2v) is 2.96. The summed E-state index contributed by atoms with van der Waals surface area (Å²) in [7, 11) is 0. The zero-order valence-corrected chi connectivity index (χ0v) is 10.0. The number of carbonyl (C=O) groups excluding carboxylic acids is 1. The number of ether oxygens (including phenoxy) is 2. The van der Waals surface area contributed by atoms with E-state index in [0.717, 1.165) is 0 Å². The number of rotatable bonds is 4. The molecule has 0 aromatic heterocycles. The molecular weight excluding hydrogens is 325 g/mol. The van der Waals surface area contributed by atoms with Gasteiger partial charge in [0.05, 0.1) is 12.8 Å². The number of halogens is 7. The van der Waals surface area contributed by atoms with Crippen molar-refractivity contribution in [1.82, 2.24) is 0 Å². The van der Waals surface area contributed by atoms with Crippen molar-refractivity contribution in [2.24, 2.45) is 0 Å². The van der Waals surface area contributed by atoms with Crippen molar-refractivity contribution in [3.63, 3.8) is 0 Å². The zero-order chi connectivity index (χ0) is 16.4. The predicted octanol–water partition coefficient (Wildman–Crippen LogP) is 3.42. The molecule has 0 amide bonds. The molecule has 0 aromatic carbocycles. The Morgan fingerprint density at radius 3 is 1.24 bits per heavy atom. The molecule has 0 saturated heterocycles. The van der Waals surface area contributed by atoms with E-state index in [4.69, 9.17) is 15.0 Å². The highest BCUT2D eigenvalue weighted by Crippen LogP contribution is 2.20. The largest absolute Gasteiger partial charge is 0.508 e. The first-order valence-electron chi connectivity index (χ1n) is 4.68. The average molecular weight is 336 g/mol. The lowest BCUT2D eigenvalue weighted by molar-refractivity contribution is -0.146. The molecule has 13 heteroatoms. The van der Waals surface area contributed by atoms with E-state index in [9.17, 15) is 31.1 Å². The molecule has 0 rings (SSSR count). The lowest BCUT2D eigenvalue weighted by atomic mass is 10.4. The van der Waals surface area contributed by atoms with Crippen LogP contribution in [0, 0.1) is 0 Å². The second kappa shape index (κ2) is 10.8. The molecule has 6 nitrogen and oxygen atoms in total.